The maximum Gasteiger partial charge on any atom is 0.306 e. The summed E-state index contributed by atoms with van der Waals surface area (Å²) in [5.74, 6) is -0.186. The van der Waals surface area contributed by atoms with Crippen molar-refractivity contribution in [2.24, 2.45) is 0 Å². The fourth-order valence-corrected chi connectivity index (χ4v) is 0.908. The maximum atomic E-state index is 11.0. The first-order valence-electron chi connectivity index (χ1n) is 4.21. The molecule has 3 nitrogen and oxygen atoms in total. The minimum Gasteiger partial charge on any atom is -0.459 e. The highest BCUT2D eigenvalue weighted by atomic mass is 16.5. The fourth-order valence-electron chi connectivity index (χ4n) is 0.908. The van der Waals surface area contributed by atoms with Crippen molar-refractivity contribution in [3.8, 4) is 0 Å². The van der Waals surface area contributed by atoms with Crippen LogP contribution in [0.25, 0.3) is 0 Å². The molecule has 0 aliphatic rings. The van der Waals surface area contributed by atoms with Crippen molar-refractivity contribution < 1.29 is 9.53 Å². The van der Waals surface area contributed by atoms with Gasteiger partial charge in [0, 0.05) is 12.6 Å². The molecule has 3 heteroatoms. The van der Waals surface area contributed by atoms with Crippen molar-refractivity contribution in [2.45, 2.75) is 19.4 Å². The number of aromatic amines is 1. The lowest BCUT2D eigenvalue weighted by Crippen LogP contribution is -2.03. The lowest BCUT2D eigenvalue weighted by Gasteiger charge is -2.01. The summed E-state index contributed by atoms with van der Waals surface area (Å²) in [6, 6.07) is 3.74. The predicted molar refractivity (Wildman–Crippen MR) is 50.0 cm³/mol. The lowest BCUT2D eigenvalue weighted by molar-refractivity contribution is -0.144. The van der Waals surface area contributed by atoms with Crippen LogP contribution in [0, 0.1) is 0 Å². The summed E-state index contributed by atoms with van der Waals surface area (Å²) in [6.07, 6.45) is 4.58. The van der Waals surface area contributed by atoms with E-state index in [1.54, 1.807) is 12.3 Å². The highest BCUT2D eigenvalue weighted by Gasteiger charge is 2.01. The lowest BCUT2D eigenvalue weighted by atomic mass is 10.3. The van der Waals surface area contributed by atoms with Gasteiger partial charge < -0.3 is 9.72 Å². The van der Waals surface area contributed by atoms with Crippen molar-refractivity contribution in [1.82, 2.24) is 4.98 Å². The monoisotopic (exact) mass is 179 g/mol. The molecule has 0 bridgehead atoms. The van der Waals surface area contributed by atoms with Crippen LogP contribution in [0.15, 0.2) is 31.0 Å². The van der Waals surface area contributed by atoms with Gasteiger partial charge in [-0.1, -0.05) is 6.08 Å². The van der Waals surface area contributed by atoms with E-state index >= 15 is 0 Å². The van der Waals surface area contributed by atoms with E-state index in [-0.39, 0.29) is 5.97 Å². The number of ether oxygens (including phenoxy) is 1. The SMILES string of the molecule is C=CCCC(=O)OCc1ccc[nH]1. The quantitative estimate of drug-likeness (QED) is 0.555. The fraction of sp³-hybridized carbons (Fsp3) is 0.300. The molecule has 1 heterocycles. The number of rotatable bonds is 5. The predicted octanol–water partition coefficient (Wildman–Crippen LogP) is 2.02. The molecule has 0 radical (unpaired) electrons. The van der Waals surface area contributed by atoms with Crippen LogP contribution in [-0.4, -0.2) is 11.0 Å². The van der Waals surface area contributed by atoms with Gasteiger partial charge in [0.15, 0.2) is 0 Å². The minimum atomic E-state index is -0.186. The van der Waals surface area contributed by atoms with Crippen LogP contribution in [0.2, 0.25) is 0 Å². The third-order valence-corrected chi connectivity index (χ3v) is 1.60. The molecule has 70 valence electrons. The van der Waals surface area contributed by atoms with Crippen LogP contribution in [-0.2, 0) is 16.1 Å². The molecule has 1 rings (SSSR count). The molecule has 0 saturated carbocycles. The van der Waals surface area contributed by atoms with Crippen LogP contribution < -0.4 is 0 Å². The zero-order chi connectivity index (χ0) is 9.52. The topological polar surface area (TPSA) is 42.1 Å². The zero-order valence-electron chi connectivity index (χ0n) is 7.45. The molecule has 0 aromatic carbocycles. The molecule has 0 unspecified atom stereocenters. The first kappa shape index (κ1) is 9.58. The summed E-state index contributed by atoms with van der Waals surface area (Å²) in [6.45, 7) is 3.85. The molecule has 0 saturated heterocycles. The number of esters is 1. The van der Waals surface area contributed by atoms with Gasteiger partial charge in [-0.05, 0) is 18.6 Å². The second kappa shape index (κ2) is 5.19. The summed E-state index contributed by atoms with van der Waals surface area (Å²) in [7, 11) is 0. The molecular weight excluding hydrogens is 166 g/mol. The molecule has 1 aromatic rings. The highest BCUT2D eigenvalue weighted by Crippen LogP contribution is 2.00. The number of nitrogens with one attached hydrogen (secondary N) is 1. The largest absolute Gasteiger partial charge is 0.459 e. The molecule has 0 aliphatic carbocycles. The third kappa shape index (κ3) is 3.60. The molecule has 0 atom stereocenters. The Labute approximate surface area is 77.4 Å². The number of hydrogen-bond acceptors (Lipinski definition) is 2. The van der Waals surface area contributed by atoms with E-state index in [0.717, 1.165) is 5.69 Å². The van der Waals surface area contributed by atoms with Gasteiger partial charge in [-0.2, -0.15) is 0 Å². The maximum absolute atomic E-state index is 11.0. The number of aromatic nitrogens is 1. The first-order chi connectivity index (χ1) is 6.33. The molecule has 0 fully saturated rings. The Morgan fingerprint density at radius 3 is 3.15 bits per heavy atom. The van der Waals surface area contributed by atoms with Crippen molar-refractivity contribution in [3.05, 3.63) is 36.7 Å². The van der Waals surface area contributed by atoms with Crippen molar-refractivity contribution in [1.29, 1.82) is 0 Å². The van der Waals surface area contributed by atoms with E-state index < -0.39 is 0 Å². The Bertz CT molecular complexity index is 264. The van der Waals surface area contributed by atoms with Crippen LogP contribution in [0.4, 0.5) is 0 Å². The molecule has 1 aromatic heterocycles. The van der Waals surface area contributed by atoms with Crippen LogP contribution in [0.5, 0.6) is 0 Å². The third-order valence-electron chi connectivity index (χ3n) is 1.60. The Balaban J connectivity index is 2.19. The Morgan fingerprint density at radius 1 is 1.69 bits per heavy atom. The molecule has 0 aliphatic heterocycles. The van der Waals surface area contributed by atoms with E-state index in [1.165, 1.54) is 0 Å². The van der Waals surface area contributed by atoms with Crippen molar-refractivity contribution in [3.63, 3.8) is 0 Å². The summed E-state index contributed by atoms with van der Waals surface area (Å²) >= 11 is 0. The van der Waals surface area contributed by atoms with Gasteiger partial charge in [0.25, 0.3) is 0 Å². The molecule has 0 spiro atoms. The van der Waals surface area contributed by atoms with Gasteiger partial charge in [0.05, 0.1) is 5.69 Å². The van der Waals surface area contributed by atoms with Crippen molar-refractivity contribution >= 4 is 5.97 Å². The average Bonchev–Trinajstić information content (AvgIpc) is 2.64. The average molecular weight is 179 g/mol. The molecule has 0 amide bonds. The summed E-state index contributed by atoms with van der Waals surface area (Å²) in [5, 5.41) is 0. The summed E-state index contributed by atoms with van der Waals surface area (Å²) in [5.41, 5.74) is 0.909. The van der Waals surface area contributed by atoms with Gasteiger partial charge >= 0.3 is 5.97 Å². The summed E-state index contributed by atoms with van der Waals surface area (Å²) < 4.78 is 4.97. The first-order valence-corrected chi connectivity index (χ1v) is 4.21. The Hall–Kier alpha value is -1.51. The van der Waals surface area contributed by atoms with E-state index in [2.05, 4.69) is 11.6 Å². The highest BCUT2D eigenvalue weighted by molar-refractivity contribution is 5.69. The van der Waals surface area contributed by atoms with E-state index in [9.17, 15) is 4.79 Å². The van der Waals surface area contributed by atoms with E-state index in [4.69, 9.17) is 4.74 Å². The van der Waals surface area contributed by atoms with Gasteiger partial charge in [0.1, 0.15) is 6.61 Å². The molecular formula is C10H13NO2. The molecule has 1 N–H and O–H groups in total. The van der Waals surface area contributed by atoms with E-state index in [0.29, 0.717) is 19.4 Å². The normalized spacial score (nSPS) is 9.54. The summed E-state index contributed by atoms with van der Waals surface area (Å²) in [4.78, 5) is 14.0. The van der Waals surface area contributed by atoms with Gasteiger partial charge in [0.2, 0.25) is 0 Å². The van der Waals surface area contributed by atoms with Crippen LogP contribution >= 0.6 is 0 Å². The Morgan fingerprint density at radius 2 is 2.54 bits per heavy atom. The number of carbonyl (C=O) groups is 1. The number of hydrogen-bond donors (Lipinski definition) is 1. The smallest absolute Gasteiger partial charge is 0.306 e. The Kier molecular flexibility index (Phi) is 3.82. The van der Waals surface area contributed by atoms with Gasteiger partial charge in [-0.15, -0.1) is 6.58 Å². The van der Waals surface area contributed by atoms with E-state index in [1.807, 2.05) is 12.1 Å². The zero-order valence-corrected chi connectivity index (χ0v) is 7.45. The standard InChI is InChI=1S/C10H13NO2/c1-2-3-6-10(12)13-8-9-5-4-7-11-9/h2,4-5,7,11H,1,3,6,8H2. The van der Waals surface area contributed by atoms with Crippen molar-refractivity contribution in [2.75, 3.05) is 0 Å². The van der Waals surface area contributed by atoms with Gasteiger partial charge in [-0.3, -0.25) is 4.79 Å². The minimum absolute atomic E-state index is 0.186. The van der Waals surface area contributed by atoms with Gasteiger partial charge in [-0.25, -0.2) is 0 Å². The second-order valence-corrected chi connectivity index (χ2v) is 2.68. The van der Waals surface area contributed by atoms with Crippen LogP contribution in [0.3, 0.4) is 0 Å². The number of H-pyrrole nitrogens is 1. The second-order valence-electron chi connectivity index (χ2n) is 2.68. The molecule has 13 heavy (non-hydrogen) atoms. The number of allylic oxidation sites excluding steroid dienone is 1. The van der Waals surface area contributed by atoms with Crippen LogP contribution in [0.1, 0.15) is 18.5 Å². The number of carbonyl (C=O) groups excluding carboxylic acids is 1.